The summed E-state index contributed by atoms with van der Waals surface area (Å²) in [5, 5.41) is 0. The topological polar surface area (TPSA) is 0 Å². The summed E-state index contributed by atoms with van der Waals surface area (Å²) in [7, 11) is 0. The Hall–Kier alpha value is -3.38. The fourth-order valence-corrected chi connectivity index (χ4v) is 3.25. The average Bonchev–Trinajstić information content (AvgIpc) is 2.74. The van der Waals surface area contributed by atoms with E-state index in [1.165, 1.54) is 39.0 Å². The molecule has 0 amide bonds. The first-order chi connectivity index (χ1) is 13.3. The van der Waals surface area contributed by atoms with Crippen molar-refractivity contribution in [2.24, 2.45) is 0 Å². The average molecular weight is 346 g/mol. The zero-order chi connectivity index (χ0) is 18.5. The van der Waals surface area contributed by atoms with Gasteiger partial charge in [0.25, 0.3) is 0 Å². The van der Waals surface area contributed by atoms with Crippen molar-refractivity contribution in [1.82, 2.24) is 0 Å². The summed E-state index contributed by atoms with van der Waals surface area (Å²) in [6.45, 7) is 2.12. The maximum atomic E-state index is 2.27. The number of hydrogen-bond donors (Lipinski definition) is 0. The molecule has 27 heavy (non-hydrogen) atoms. The molecule has 4 aromatic rings. The summed E-state index contributed by atoms with van der Waals surface area (Å²) in [5.41, 5.74) is 8.68. The van der Waals surface area contributed by atoms with Crippen LogP contribution in [-0.4, -0.2) is 0 Å². The maximum absolute atomic E-state index is 2.27. The molecule has 0 N–H and O–H groups in total. The van der Waals surface area contributed by atoms with Crippen molar-refractivity contribution in [3.8, 4) is 11.1 Å². The Morgan fingerprint density at radius 2 is 0.963 bits per heavy atom. The van der Waals surface area contributed by atoms with Crippen LogP contribution in [0.15, 0.2) is 109 Å². The van der Waals surface area contributed by atoms with E-state index in [-0.39, 0.29) is 0 Å². The van der Waals surface area contributed by atoms with Crippen molar-refractivity contribution in [2.45, 2.75) is 6.92 Å². The summed E-state index contributed by atoms with van der Waals surface area (Å²) < 4.78 is 0. The van der Waals surface area contributed by atoms with Crippen molar-refractivity contribution in [2.75, 3.05) is 0 Å². The highest BCUT2D eigenvalue weighted by Crippen LogP contribution is 2.27. The predicted octanol–water partition coefficient (Wildman–Crippen LogP) is 7.25. The summed E-state index contributed by atoms with van der Waals surface area (Å²) >= 11 is 0. The molecular weight excluding hydrogens is 324 g/mol. The van der Waals surface area contributed by atoms with Crippen LogP contribution in [0, 0.1) is 6.92 Å². The van der Waals surface area contributed by atoms with E-state index in [1.54, 1.807) is 0 Å². The minimum Gasteiger partial charge on any atom is -0.0622 e. The van der Waals surface area contributed by atoms with E-state index in [2.05, 4.69) is 122 Å². The molecule has 0 unspecified atom stereocenters. The molecule has 0 aliphatic carbocycles. The van der Waals surface area contributed by atoms with Crippen molar-refractivity contribution >= 4 is 11.6 Å². The molecule has 0 spiro atoms. The first-order valence-electron chi connectivity index (χ1n) is 9.29. The van der Waals surface area contributed by atoms with E-state index in [0.29, 0.717) is 0 Å². The standard InChI is InChI=1S/C27H22/c1-21-12-16-23(17-13-21)24-18-14-22(15-19-24)20-27(25-8-4-2-5-9-25)26-10-6-3-7-11-26/h2-20H,1H3. The normalized spacial score (nSPS) is 10.4. The van der Waals surface area contributed by atoms with E-state index in [9.17, 15) is 0 Å². The quantitative estimate of drug-likeness (QED) is 0.341. The van der Waals surface area contributed by atoms with Gasteiger partial charge in [-0.2, -0.15) is 0 Å². The Morgan fingerprint density at radius 1 is 0.519 bits per heavy atom. The maximum Gasteiger partial charge on any atom is -0.0105 e. The molecule has 0 saturated carbocycles. The van der Waals surface area contributed by atoms with Crippen molar-refractivity contribution < 1.29 is 0 Å². The largest absolute Gasteiger partial charge is 0.0622 e. The van der Waals surface area contributed by atoms with Gasteiger partial charge in [0, 0.05) is 0 Å². The third-order valence-electron chi connectivity index (χ3n) is 4.78. The molecule has 0 aliphatic rings. The monoisotopic (exact) mass is 346 g/mol. The fourth-order valence-electron chi connectivity index (χ4n) is 3.25. The highest BCUT2D eigenvalue weighted by molar-refractivity contribution is 5.91. The molecule has 0 radical (unpaired) electrons. The molecule has 4 rings (SSSR count). The Morgan fingerprint density at radius 3 is 1.44 bits per heavy atom. The molecule has 0 saturated heterocycles. The molecule has 0 heterocycles. The van der Waals surface area contributed by atoms with Gasteiger partial charge in [-0.05, 0) is 46.4 Å². The summed E-state index contributed by atoms with van der Waals surface area (Å²) in [6, 6.07) is 38.6. The number of rotatable bonds is 4. The molecule has 0 fully saturated rings. The fraction of sp³-hybridized carbons (Fsp3) is 0.0370. The molecule has 0 heteroatoms. The summed E-state index contributed by atoms with van der Waals surface area (Å²) in [6.07, 6.45) is 2.27. The zero-order valence-electron chi connectivity index (χ0n) is 15.5. The summed E-state index contributed by atoms with van der Waals surface area (Å²) in [4.78, 5) is 0. The first kappa shape index (κ1) is 17.1. The van der Waals surface area contributed by atoms with Crippen LogP contribution in [0.4, 0.5) is 0 Å². The lowest BCUT2D eigenvalue weighted by atomic mass is 9.95. The lowest BCUT2D eigenvalue weighted by Crippen LogP contribution is -1.88. The van der Waals surface area contributed by atoms with Crippen molar-refractivity contribution in [1.29, 1.82) is 0 Å². The highest BCUT2D eigenvalue weighted by atomic mass is 14.1. The lowest BCUT2D eigenvalue weighted by Gasteiger charge is -2.09. The van der Waals surface area contributed by atoms with Crippen molar-refractivity contribution in [3.05, 3.63) is 131 Å². The van der Waals surface area contributed by atoms with Gasteiger partial charge in [-0.1, -0.05) is 115 Å². The molecular formula is C27H22. The smallest absolute Gasteiger partial charge is 0.0105 e. The van der Waals surface area contributed by atoms with Crippen LogP contribution in [-0.2, 0) is 0 Å². The van der Waals surface area contributed by atoms with Gasteiger partial charge in [-0.15, -0.1) is 0 Å². The molecule has 4 aromatic carbocycles. The molecule has 0 nitrogen and oxygen atoms in total. The number of hydrogen-bond acceptors (Lipinski definition) is 0. The Labute approximate surface area is 161 Å². The molecule has 0 atom stereocenters. The van der Waals surface area contributed by atoms with E-state index < -0.39 is 0 Å². The van der Waals surface area contributed by atoms with Crippen LogP contribution in [0.3, 0.4) is 0 Å². The second-order valence-corrected chi connectivity index (χ2v) is 6.78. The molecule has 130 valence electrons. The van der Waals surface area contributed by atoms with Crippen LogP contribution < -0.4 is 0 Å². The van der Waals surface area contributed by atoms with Gasteiger partial charge >= 0.3 is 0 Å². The van der Waals surface area contributed by atoms with E-state index in [1.807, 2.05) is 0 Å². The number of benzene rings is 4. The SMILES string of the molecule is Cc1ccc(-c2ccc(C=C(c3ccccc3)c3ccccc3)cc2)cc1. The Balaban J connectivity index is 1.71. The third-order valence-corrected chi connectivity index (χ3v) is 4.78. The minimum atomic E-state index is 1.20. The van der Waals surface area contributed by atoms with E-state index >= 15 is 0 Å². The van der Waals surface area contributed by atoms with Crippen LogP contribution in [0.1, 0.15) is 22.3 Å². The van der Waals surface area contributed by atoms with Gasteiger partial charge in [-0.3, -0.25) is 0 Å². The Bertz CT molecular complexity index is 981. The molecule has 0 aromatic heterocycles. The second kappa shape index (κ2) is 7.88. The van der Waals surface area contributed by atoms with Crippen molar-refractivity contribution in [3.63, 3.8) is 0 Å². The molecule has 0 aliphatic heterocycles. The molecule has 0 bridgehead atoms. The van der Waals surface area contributed by atoms with Gasteiger partial charge in [0.15, 0.2) is 0 Å². The van der Waals surface area contributed by atoms with E-state index in [4.69, 9.17) is 0 Å². The van der Waals surface area contributed by atoms with Gasteiger partial charge < -0.3 is 0 Å². The Kier molecular flexibility index (Phi) is 4.98. The predicted molar refractivity (Wildman–Crippen MR) is 116 cm³/mol. The van der Waals surface area contributed by atoms with Gasteiger partial charge in [0.1, 0.15) is 0 Å². The van der Waals surface area contributed by atoms with E-state index in [0.717, 1.165) is 0 Å². The second-order valence-electron chi connectivity index (χ2n) is 6.78. The van der Waals surface area contributed by atoms with Crippen LogP contribution >= 0.6 is 0 Å². The summed E-state index contributed by atoms with van der Waals surface area (Å²) in [5.74, 6) is 0. The third kappa shape index (κ3) is 4.07. The van der Waals surface area contributed by atoms with Crippen LogP contribution in [0.2, 0.25) is 0 Å². The van der Waals surface area contributed by atoms with Crippen LogP contribution in [0.5, 0.6) is 0 Å². The lowest BCUT2D eigenvalue weighted by molar-refractivity contribution is 1.47. The van der Waals surface area contributed by atoms with Gasteiger partial charge in [0.05, 0.1) is 0 Å². The zero-order valence-corrected chi connectivity index (χ0v) is 15.5. The number of aryl methyl sites for hydroxylation is 1. The van der Waals surface area contributed by atoms with Gasteiger partial charge in [-0.25, -0.2) is 0 Å². The van der Waals surface area contributed by atoms with Gasteiger partial charge in [0.2, 0.25) is 0 Å². The highest BCUT2D eigenvalue weighted by Gasteiger charge is 2.05. The first-order valence-corrected chi connectivity index (χ1v) is 9.29. The minimum absolute atomic E-state index is 1.20. The van der Waals surface area contributed by atoms with Crippen LogP contribution in [0.25, 0.3) is 22.8 Å².